The third kappa shape index (κ3) is 1.74. The molecule has 3 N–H and O–H groups in total. The lowest BCUT2D eigenvalue weighted by Gasteiger charge is -2.13. The zero-order chi connectivity index (χ0) is 12.7. The predicted octanol–water partition coefficient (Wildman–Crippen LogP) is 1.17. The van der Waals surface area contributed by atoms with E-state index in [9.17, 15) is 0 Å². The van der Waals surface area contributed by atoms with Crippen LogP contribution < -0.4 is 5.73 Å². The molecule has 6 nitrogen and oxygen atoms in total. The number of halogens is 1. The minimum atomic E-state index is 0.118. The fourth-order valence-electron chi connectivity index (χ4n) is 2.26. The van der Waals surface area contributed by atoms with Crippen molar-refractivity contribution < 1.29 is 5.11 Å². The Kier molecular flexibility index (Phi) is 2.68. The van der Waals surface area contributed by atoms with Crippen LogP contribution in [0.4, 0.5) is 5.95 Å². The number of hydrogen-bond acceptors (Lipinski definition) is 5. The van der Waals surface area contributed by atoms with Crippen LogP contribution in [-0.4, -0.2) is 31.2 Å². The fourth-order valence-corrected chi connectivity index (χ4v) is 2.53. The molecule has 0 saturated heterocycles. The SMILES string of the molecule is Nc1nc(Cl)c2c(ncn2[C@H]2C=C[C@@H](CO)C2)n1. The van der Waals surface area contributed by atoms with Gasteiger partial charge in [0.1, 0.15) is 5.52 Å². The normalized spacial score (nSPS) is 23.0. The lowest BCUT2D eigenvalue weighted by atomic mass is 10.1. The van der Waals surface area contributed by atoms with Gasteiger partial charge in [0.15, 0.2) is 10.8 Å². The van der Waals surface area contributed by atoms with E-state index in [1.165, 1.54) is 0 Å². The van der Waals surface area contributed by atoms with Gasteiger partial charge < -0.3 is 15.4 Å². The molecule has 0 saturated carbocycles. The van der Waals surface area contributed by atoms with Crippen molar-refractivity contribution in [3.8, 4) is 0 Å². The number of aliphatic hydroxyl groups excluding tert-OH is 1. The number of aromatic nitrogens is 4. The lowest BCUT2D eigenvalue weighted by Crippen LogP contribution is -2.08. The van der Waals surface area contributed by atoms with Crippen molar-refractivity contribution in [2.45, 2.75) is 12.5 Å². The minimum Gasteiger partial charge on any atom is -0.396 e. The third-order valence-electron chi connectivity index (χ3n) is 3.14. The van der Waals surface area contributed by atoms with Gasteiger partial charge in [-0.05, 0) is 6.42 Å². The van der Waals surface area contributed by atoms with Crippen molar-refractivity contribution >= 4 is 28.7 Å². The van der Waals surface area contributed by atoms with Gasteiger partial charge in [0, 0.05) is 12.5 Å². The molecule has 2 heterocycles. The predicted molar refractivity (Wildman–Crippen MR) is 68.1 cm³/mol. The van der Waals surface area contributed by atoms with Gasteiger partial charge in [-0.3, -0.25) is 0 Å². The van der Waals surface area contributed by atoms with Crippen LogP contribution in [0.3, 0.4) is 0 Å². The molecule has 94 valence electrons. The molecule has 3 rings (SSSR count). The van der Waals surface area contributed by atoms with Gasteiger partial charge in [0.2, 0.25) is 5.95 Å². The molecule has 7 heteroatoms. The first kappa shape index (κ1) is 11.4. The summed E-state index contributed by atoms with van der Waals surface area (Å²) in [6.45, 7) is 0.150. The summed E-state index contributed by atoms with van der Waals surface area (Å²) < 4.78 is 1.92. The van der Waals surface area contributed by atoms with E-state index in [2.05, 4.69) is 15.0 Å². The van der Waals surface area contributed by atoms with Crippen LogP contribution >= 0.6 is 11.6 Å². The smallest absolute Gasteiger partial charge is 0.223 e. The molecule has 0 aliphatic heterocycles. The summed E-state index contributed by atoms with van der Waals surface area (Å²) in [6, 6.07) is 0.122. The molecule has 1 aliphatic rings. The van der Waals surface area contributed by atoms with E-state index in [-0.39, 0.29) is 24.5 Å². The summed E-state index contributed by atoms with van der Waals surface area (Å²) >= 11 is 6.09. The summed E-state index contributed by atoms with van der Waals surface area (Å²) in [5, 5.41) is 9.44. The van der Waals surface area contributed by atoms with Gasteiger partial charge in [0.05, 0.1) is 12.4 Å². The number of nitrogens with zero attached hydrogens (tertiary/aromatic N) is 4. The van der Waals surface area contributed by atoms with Crippen molar-refractivity contribution in [2.75, 3.05) is 12.3 Å². The molecular formula is C11H12ClN5O. The standard InChI is InChI=1S/C11H12ClN5O/c12-9-8-10(16-11(13)15-9)14-5-17(8)7-2-1-6(3-7)4-18/h1-2,5-7,18H,3-4H2,(H2,13,15,16)/t6-,7+/m1/s1. The molecule has 0 fully saturated rings. The maximum atomic E-state index is 9.14. The number of hydrogen-bond donors (Lipinski definition) is 2. The number of aliphatic hydroxyl groups is 1. The second-order valence-corrected chi connectivity index (χ2v) is 4.69. The molecular weight excluding hydrogens is 254 g/mol. The Morgan fingerprint density at radius 2 is 2.28 bits per heavy atom. The monoisotopic (exact) mass is 265 g/mol. The number of anilines is 1. The highest BCUT2D eigenvalue weighted by molar-refractivity contribution is 6.33. The first-order valence-corrected chi connectivity index (χ1v) is 6.01. The largest absolute Gasteiger partial charge is 0.396 e. The quantitative estimate of drug-likeness (QED) is 0.628. The van der Waals surface area contributed by atoms with Gasteiger partial charge in [-0.15, -0.1) is 0 Å². The van der Waals surface area contributed by atoms with Crippen molar-refractivity contribution in [3.63, 3.8) is 0 Å². The molecule has 0 unspecified atom stereocenters. The molecule has 0 spiro atoms. The van der Waals surface area contributed by atoms with E-state index in [4.69, 9.17) is 22.4 Å². The van der Waals surface area contributed by atoms with Crippen molar-refractivity contribution in [3.05, 3.63) is 23.6 Å². The molecule has 0 aromatic carbocycles. The number of imidazole rings is 1. The van der Waals surface area contributed by atoms with E-state index in [1.54, 1.807) is 6.33 Å². The minimum absolute atomic E-state index is 0.118. The van der Waals surface area contributed by atoms with Crippen LogP contribution in [0.2, 0.25) is 5.15 Å². The van der Waals surface area contributed by atoms with Crippen molar-refractivity contribution in [2.24, 2.45) is 5.92 Å². The molecule has 1 aliphatic carbocycles. The van der Waals surface area contributed by atoms with Crippen LogP contribution in [0.1, 0.15) is 12.5 Å². The van der Waals surface area contributed by atoms with Crippen molar-refractivity contribution in [1.82, 2.24) is 19.5 Å². The Bertz CT molecular complexity index is 623. The highest BCUT2D eigenvalue weighted by Gasteiger charge is 2.22. The molecule has 2 atom stereocenters. The van der Waals surface area contributed by atoms with Crippen LogP contribution in [-0.2, 0) is 0 Å². The fraction of sp³-hybridized carbons (Fsp3) is 0.364. The van der Waals surface area contributed by atoms with Gasteiger partial charge in [-0.25, -0.2) is 4.98 Å². The molecule has 0 radical (unpaired) electrons. The Hall–Kier alpha value is -1.66. The van der Waals surface area contributed by atoms with Gasteiger partial charge in [0.25, 0.3) is 0 Å². The zero-order valence-corrected chi connectivity index (χ0v) is 10.2. The van der Waals surface area contributed by atoms with Crippen LogP contribution in [0.5, 0.6) is 0 Å². The maximum absolute atomic E-state index is 9.14. The average molecular weight is 266 g/mol. The number of rotatable bonds is 2. The summed E-state index contributed by atoms with van der Waals surface area (Å²) in [5.74, 6) is 0.300. The first-order valence-electron chi connectivity index (χ1n) is 5.63. The first-order chi connectivity index (χ1) is 8.69. The number of nitrogen functional groups attached to an aromatic ring is 1. The Morgan fingerprint density at radius 1 is 1.44 bits per heavy atom. The van der Waals surface area contributed by atoms with Gasteiger partial charge >= 0.3 is 0 Å². The van der Waals surface area contributed by atoms with E-state index in [0.29, 0.717) is 16.3 Å². The molecule has 0 bridgehead atoms. The van der Waals surface area contributed by atoms with E-state index in [0.717, 1.165) is 6.42 Å². The molecule has 0 amide bonds. The molecule has 2 aromatic rings. The molecule has 2 aromatic heterocycles. The van der Waals surface area contributed by atoms with E-state index in [1.807, 2.05) is 16.7 Å². The highest BCUT2D eigenvalue weighted by atomic mass is 35.5. The van der Waals surface area contributed by atoms with Crippen LogP contribution in [0.15, 0.2) is 18.5 Å². The molecule has 18 heavy (non-hydrogen) atoms. The number of nitrogens with two attached hydrogens (primary N) is 1. The summed E-state index contributed by atoms with van der Waals surface area (Å²) in [5.41, 5.74) is 6.70. The Labute approximate surface area is 108 Å². The topological polar surface area (TPSA) is 89.8 Å². The third-order valence-corrected chi connectivity index (χ3v) is 3.41. The maximum Gasteiger partial charge on any atom is 0.223 e. The van der Waals surface area contributed by atoms with Gasteiger partial charge in [-0.1, -0.05) is 23.8 Å². The van der Waals surface area contributed by atoms with Gasteiger partial charge in [-0.2, -0.15) is 9.97 Å². The van der Waals surface area contributed by atoms with Crippen LogP contribution in [0, 0.1) is 5.92 Å². The Morgan fingerprint density at radius 3 is 3.00 bits per heavy atom. The van der Waals surface area contributed by atoms with E-state index < -0.39 is 0 Å². The summed E-state index contributed by atoms with van der Waals surface area (Å²) in [4.78, 5) is 12.2. The lowest BCUT2D eigenvalue weighted by molar-refractivity contribution is 0.244. The summed E-state index contributed by atoms with van der Waals surface area (Å²) in [7, 11) is 0. The Balaban J connectivity index is 2.06. The number of fused-ring (bicyclic) bond motifs is 1. The van der Waals surface area contributed by atoms with E-state index >= 15 is 0 Å². The summed E-state index contributed by atoms with van der Waals surface area (Å²) in [6.07, 6.45) is 6.54. The second kappa shape index (κ2) is 4.22. The average Bonchev–Trinajstić information content (AvgIpc) is 2.93. The highest BCUT2D eigenvalue weighted by Crippen LogP contribution is 2.31. The second-order valence-electron chi connectivity index (χ2n) is 4.33. The van der Waals surface area contributed by atoms with Crippen LogP contribution in [0.25, 0.3) is 11.2 Å². The zero-order valence-electron chi connectivity index (χ0n) is 9.49. The number of allylic oxidation sites excluding steroid dienone is 1. The van der Waals surface area contributed by atoms with Crippen molar-refractivity contribution in [1.29, 1.82) is 0 Å².